The van der Waals surface area contributed by atoms with Crippen molar-refractivity contribution >= 4 is 29.6 Å². The first-order valence-electron chi connectivity index (χ1n) is 7.68. The Morgan fingerprint density at radius 2 is 1.88 bits per heavy atom. The molecule has 8 heteroatoms. The van der Waals surface area contributed by atoms with E-state index in [0.717, 1.165) is 5.56 Å². The summed E-state index contributed by atoms with van der Waals surface area (Å²) in [5, 5.41) is 0.0815. The van der Waals surface area contributed by atoms with Crippen LogP contribution < -0.4 is 4.74 Å². The zero-order valence-corrected chi connectivity index (χ0v) is 15.2. The van der Waals surface area contributed by atoms with Gasteiger partial charge in [-0.3, -0.25) is 0 Å². The van der Waals surface area contributed by atoms with Gasteiger partial charge in [-0.2, -0.15) is 0 Å². The van der Waals surface area contributed by atoms with E-state index in [-0.39, 0.29) is 22.5 Å². The van der Waals surface area contributed by atoms with E-state index in [1.54, 1.807) is 19.1 Å². The molecular weight excluding hydrogens is 360 g/mol. The molecule has 0 aliphatic carbocycles. The van der Waals surface area contributed by atoms with Crippen LogP contribution in [0.4, 0.5) is 0 Å². The van der Waals surface area contributed by atoms with Crippen molar-refractivity contribution in [3.05, 3.63) is 52.3 Å². The molecule has 0 saturated carbocycles. The third kappa shape index (κ3) is 5.56. The van der Waals surface area contributed by atoms with E-state index in [2.05, 4.69) is 14.7 Å². The SMILES string of the molecule is CCOC(=O)/C=C/c1cc(C)cc(Oc2cc(C(=O)OC)cc(Cl)n2)n1. The minimum atomic E-state index is -0.561. The Morgan fingerprint density at radius 1 is 1.15 bits per heavy atom. The van der Waals surface area contributed by atoms with E-state index in [4.69, 9.17) is 21.1 Å². The van der Waals surface area contributed by atoms with Gasteiger partial charge in [-0.25, -0.2) is 19.6 Å². The number of hydrogen-bond acceptors (Lipinski definition) is 7. The third-order valence-electron chi connectivity index (χ3n) is 3.04. The van der Waals surface area contributed by atoms with Crippen molar-refractivity contribution in [2.45, 2.75) is 13.8 Å². The smallest absolute Gasteiger partial charge is 0.338 e. The number of rotatable bonds is 6. The van der Waals surface area contributed by atoms with E-state index in [1.165, 1.54) is 31.4 Å². The monoisotopic (exact) mass is 376 g/mol. The highest BCUT2D eigenvalue weighted by Gasteiger charge is 2.11. The van der Waals surface area contributed by atoms with Gasteiger partial charge in [0.25, 0.3) is 0 Å². The number of carbonyl (C=O) groups is 2. The van der Waals surface area contributed by atoms with Crippen LogP contribution in [0.15, 0.2) is 30.3 Å². The summed E-state index contributed by atoms with van der Waals surface area (Å²) < 4.78 is 15.1. The van der Waals surface area contributed by atoms with Gasteiger partial charge in [0.15, 0.2) is 0 Å². The summed E-state index contributed by atoms with van der Waals surface area (Å²) in [4.78, 5) is 31.3. The van der Waals surface area contributed by atoms with Gasteiger partial charge in [-0.15, -0.1) is 0 Å². The Balaban J connectivity index is 2.26. The largest absolute Gasteiger partial charge is 0.465 e. The molecule has 0 radical (unpaired) electrons. The van der Waals surface area contributed by atoms with E-state index >= 15 is 0 Å². The second-order valence-electron chi connectivity index (χ2n) is 5.10. The lowest BCUT2D eigenvalue weighted by atomic mass is 10.2. The van der Waals surface area contributed by atoms with Crippen LogP contribution in [-0.2, 0) is 14.3 Å². The Hall–Kier alpha value is -2.93. The second-order valence-corrected chi connectivity index (χ2v) is 5.49. The highest BCUT2D eigenvalue weighted by atomic mass is 35.5. The van der Waals surface area contributed by atoms with Crippen LogP contribution in [-0.4, -0.2) is 35.6 Å². The molecule has 0 bridgehead atoms. The van der Waals surface area contributed by atoms with Crippen molar-refractivity contribution in [1.29, 1.82) is 0 Å². The normalized spacial score (nSPS) is 10.6. The first kappa shape index (κ1) is 19.4. The highest BCUT2D eigenvalue weighted by molar-refractivity contribution is 6.29. The molecule has 0 N–H and O–H groups in total. The number of hydrogen-bond donors (Lipinski definition) is 0. The van der Waals surface area contributed by atoms with Crippen molar-refractivity contribution in [2.24, 2.45) is 0 Å². The maximum absolute atomic E-state index is 11.6. The van der Waals surface area contributed by atoms with Crippen molar-refractivity contribution < 1.29 is 23.8 Å². The van der Waals surface area contributed by atoms with Crippen LogP contribution in [0.1, 0.15) is 28.5 Å². The van der Waals surface area contributed by atoms with Crippen molar-refractivity contribution in [1.82, 2.24) is 9.97 Å². The Morgan fingerprint density at radius 3 is 2.58 bits per heavy atom. The topological polar surface area (TPSA) is 87.6 Å². The predicted molar refractivity (Wildman–Crippen MR) is 95.3 cm³/mol. The van der Waals surface area contributed by atoms with E-state index in [9.17, 15) is 9.59 Å². The van der Waals surface area contributed by atoms with Gasteiger partial charge in [0.05, 0.1) is 25.0 Å². The zero-order chi connectivity index (χ0) is 19.1. The van der Waals surface area contributed by atoms with Crippen LogP contribution in [0, 0.1) is 6.92 Å². The summed E-state index contributed by atoms with van der Waals surface area (Å²) in [5.74, 6) is -0.692. The Bertz CT molecular complexity index is 851. The fourth-order valence-electron chi connectivity index (χ4n) is 2.01. The van der Waals surface area contributed by atoms with Gasteiger partial charge < -0.3 is 14.2 Å². The lowest BCUT2D eigenvalue weighted by Gasteiger charge is -2.08. The van der Waals surface area contributed by atoms with Crippen LogP contribution in [0.3, 0.4) is 0 Å². The molecule has 2 aromatic heterocycles. The fourth-order valence-corrected chi connectivity index (χ4v) is 2.21. The van der Waals surface area contributed by atoms with Crippen LogP contribution >= 0.6 is 11.6 Å². The Kier molecular flexibility index (Phi) is 6.68. The van der Waals surface area contributed by atoms with Gasteiger partial charge in [0.1, 0.15) is 5.15 Å². The minimum absolute atomic E-state index is 0.0815. The molecule has 0 aliphatic heterocycles. The molecule has 2 aromatic rings. The maximum atomic E-state index is 11.6. The molecule has 0 unspecified atom stereocenters. The molecule has 0 aliphatic rings. The van der Waals surface area contributed by atoms with Gasteiger partial charge in [-0.05, 0) is 37.6 Å². The fraction of sp³-hybridized carbons (Fsp3) is 0.222. The molecular formula is C18H17ClN2O5. The number of carbonyl (C=O) groups excluding carboxylic acids is 2. The molecule has 7 nitrogen and oxygen atoms in total. The number of methoxy groups -OCH3 is 1. The molecule has 0 aromatic carbocycles. The van der Waals surface area contributed by atoms with Crippen LogP contribution in [0.25, 0.3) is 6.08 Å². The first-order valence-corrected chi connectivity index (χ1v) is 8.06. The van der Waals surface area contributed by atoms with Gasteiger partial charge in [-0.1, -0.05) is 11.6 Å². The summed E-state index contributed by atoms with van der Waals surface area (Å²) in [6.45, 7) is 3.87. The van der Waals surface area contributed by atoms with Gasteiger partial charge in [0.2, 0.25) is 11.8 Å². The van der Waals surface area contributed by atoms with E-state index < -0.39 is 11.9 Å². The summed E-state index contributed by atoms with van der Waals surface area (Å²) >= 11 is 5.91. The number of esters is 2. The van der Waals surface area contributed by atoms with Crippen molar-refractivity contribution in [3.63, 3.8) is 0 Å². The standard InChI is InChI=1S/C18H17ClN2O5/c1-4-25-17(22)6-5-13-7-11(2)8-15(20-13)26-16-10-12(18(23)24-3)9-14(19)21-16/h5-10H,4H2,1-3H3/b6-5+. The van der Waals surface area contributed by atoms with Gasteiger partial charge in [0, 0.05) is 18.2 Å². The maximum Gasteiger partial charge on any atom is 0.338 e. The molecule has 26 heavy (non-hydrogen) atoms. The number of nitrogens with zero attached hydrogens (tertiary/aromatic N) is 2. The number of aryl methyl sites for hydroxylation is 1. The van der Waals surface area contributed by atoms with Crippen molar-refractivity contribution in [2.75, 3.05) is 13.7 Å². The molecule has 136 valence electrons. The second kappa shape index (κ2) is 8.96. The van der Waals surface area contributed by atoms with E-state index in [1.807, 2.05) is 6.92 Å². The van der Waals surface area contributed by atoms with Crippen LogP contribution in [0.5, 0.6) is 11.8 Å². The predicted octanol–water partition coefficient (Wildman–Crippen LogP) is 3.59. The molecule has 2 rings (SSSR count). The molecule has 0 atom stereocenters. The van der Waals surface area contributed by atoms with Crippen molar-refractivity contribution in [3.8, 4) is 11.8 Å². The third-order valence-corrected chi connectivity index (χ3v) is 3.24. The van der Waals surface area contributed by atoms with Gasteiger partial charge >= 0.3 is 11.9 Å². The molecule has 0 spiro atoms. The summed E-state index contributed by atoms with van der Waals surface area (Å²) in [5.41, 5.74) is 1.56. The number of ether oxygens (including phenoxy) is 3. The summed E-state index contributed by atoms with van der Waals surface area (Å²) in [6, 6.07) is 6.23. The minimum Gasteiger partial charge on any atom is -0.465 e. The first-order chi connectivity index (χ1) is 12.4. The molecule has 2 heterocycles. The van der Waals surface area contributed by atoms with E-state index in [0.29, 0.717) is 12.3 Å². The lowest BCUT2D eigenvalue weighted by Crippen LogP contribution is -2.03. The average molecular weight is 377 g/mol. The number of halogens is 1. The molecule has 0 fully saturated rings. The summed E-state index contributed by atoms with van der Waals surface area (Å²) in [6.07, 6.45) is 2.80. The number of aromatic nitrogens is 2. The quantitative estimate of drug-likeness (QED) is 0.432. The molecule has 0 amide bonds. The highest BCUT2D eigenvalue weighted by Crippen LogP contribution is 2.23. The zero-order valence-electron chi connectivity index (χ0n) is 14.5. The average Bonchev–Trinajstić information content (AvgIpc) is 2.58. The Labute approximate surface area is 155 Å². The lowest BCUT2D eigenvalue weighted by molar-refractivity contribution is -0.137. The molecule has 0 saturated heterocycles. The number of pyridine rings is 2. The summed E-state index contributed by atoms with van der Waals surface area (Å²) in [7, 11) is 1.27. The van der Waals surface area contributed by atoms with Crippen LogP contribution in [0.2, 0.25) is 5.15 Å².